The maximum absolute atomic E-state index is 11.7. The smallest absolute Gasteiger partial charge is 0.328 e. The number of carboxylic acids is 1. The number of ether oxygens (including phenoxy) is 1. The Morgan fingerprint density at radius 3 is 2.42 bits per heavy atom. The first-order valence-electron chi connectivity index (χ1n) is 5.50. The fourth-order valence-electron chi connectivity index (χ4n) is 1.25. The predicted octanol–water partition coefficient (Wildman–Crippen LogP) is 0.778. The second-order valence-electron chi connectivity index (χ2n) is 3.80. The molecule has 19 heavy (non-hydrogen) atoms. The van der Waals surface area contributed by atoms with Crippen molar-refractivity contribution < 1.29 is 24.5 Å². The zero-order chi connectivity index (χ0) is 14.4. The van der Waals surface area contributed by atoms with Crippen molar-refractivity contribution in [3.05, 3.63) is 28.7 Å². The number of carboxylic acid groups (broad SMARTS) is 1. The number of aliphatic carboxylic acids is 1. The van der Waals surface area contributed by atoms with Gasteiger partial charge in [0.05, 0.1) is 6.61 Å². The van der Waals surface area contributed by atoms with Crippen LogP contribution < -0.4 is 10.1 Å². The highest BCUT2D eigenvalue weighted by molar-refractivity contribution is 9.10. The molecule has 3 N–H and O–H groups in total. The number of carbonyl (C=O) groups is 2. The van der Waals surface area contributed by atoms with Gasteiger partial charge in [0.1, 0.15) is 11.8 Å². The lowest BCUT2D eigenvalue weighted by Crippen LogP contribution is -2.48. The van der Waals surface area contributed by atoms with Crippen molar-refractivity contribution in [1.29, 1.82) is 0 Å². The molecule has 2 unspecified atom stereocenters. The third kappa shape index (κ3) is 4.88. The van der Waals surface area contributed by atoms with Gasteiger partial charge in [-0.2, -0.15) is 0 Å². The van der Waals surface area contributed by atoms with Crippen molar-refractivity contribution in [1.82, 2.24) is 5.32 Å². The first kappa shape index (κ1) is 15.5. The summed E-state index contributed by atoms with van der Waals surface area (Å²) in [6.07, 6.45) is -0.866. The fourth-order valence-corrected chi connectivity index (χ4v) is 1.51. The summed E-state index contributed by atoms with van der Waals surface area (Å²) in [5.41, 5.74) is 0. The number of carbonyl (C=O) groups excluding carboxylic acids is 1. The minimum atomic E-state index is -1.33. The molecule has 0 aliphatic heterocycles. The number of nitrogens with one attached hydrogen (secondary N) is 1. The molecule has 104 valence electrons. The van der Waals surface area contributed by atoms with Crippen LogP contribution in [0, 0.1) is 0 Å². The fraction of sp³-hybridized carbons (Fsp3) is 0.333. The van der Waals surface area contributed by atoms with Crippen LogP contribution in [0.1, 0.15) is 6.92 Å². The highest BCUT2D eigenvalue weighted by Gasteiger charge is 2.23. The van der Waals surface area contributed by atoms with Crippen LogP contribution in [0.15, 0.2) is 28.7 Å². The van der Waals surface area contributed by atoms with Crippen LogP contribution in [0.4, 0.5) is 0 Å². The molecule has 1 rings (SSSR count). The molecule has 1 aromatic rings. The quantitative estimate of drug-likeness (QED) is 0.715. The summed E-state index contributed by atoms with van der Waals surface area (Å²) in [6, 6.07) is 5.54. The molecule has 6 nitrogen and oxygen atoms in total. The molecular weight excluding hydrogens is 318 g/mol. The van der Waals surface area contributed by atoms with E-state index >= 15 is 0 Å². The number of hydrogen-bond acceptors (Lipinski definition) is 4. The first-order chi connectivity index (χ1) is 8.93. The monoisotopic (exact) mass is 331 g/mol. The third-order valence-corrected chi connectivity index (χ3v) is 2.82. The summed E-state index contributed by atoms with van der Waals surface area (Å²) >= 11 is 3.27. The molecule has 0 fully saturated rings. The zero-order valence-corrected chi connectivity index (χ0v) is 11.8. The van der Waals surface area contributed by atoms with E-state index in [9.17, 15) is 9.59 Å². The number of hydrogen-bond donors (Lipinski definition) is 3. The second-order valence-corrected chi connectivity index (χ2v) is 4.71. The molecule has 7 heteroatoms. The van der Waals surface area contributed by atoms with E-state index in [0.717, 1.165) is 4.47 Å². The molecule has 0 aliphatic rings. The van der Waals surface area contributed by atoms with E-state index in [0.29, 0.717) is 5.75 Å². The predicted molar refractivity (Wildman–Crippen MR) is 70.9 cm³/mol. The van der Waals surface area contributed by atoms with Crippen LogP contribution in [0.3, 0.4) is 0 Å². The largest absolute Gasteiger partial charge is 0.481 e. The Balaban J connectivity index is 2.57. The van der Waals surface area contributed by atoms with Gasteiger partial charge >= 0.3 is 5.97 Å². The lowest BCUT2D eigenvalue weighted by Gasteiger charge is -2.17. The van der Waals surface area contributed by atoms with E-state index in [1.165, 1.54) is 6.92 Å². The van der Waals surface area contributed by atoms with Crippen molar-refractivity contribution in [3.63, 3.8) is 0 Å². The maximum Gasteiger partial charge on any atom is 0.328 e. The Morgan fingerprint density at radius 2 is 1.95 bits per heavy atom. The molecule has 0 saturated heterocycles. The Hall–Kier alpha value is -1.60. The summed E-state index contributed by atoms with van der Waals surface area (Å²) in [5.74, 6) is -1.42. The maximum atomic E-state index is 11.7. The molecule has 0 aromatic heterocycles. The SMILES string of the molecule is CC(Oc1ccc(Br)cc1)C(=O)NC(CO)C(=O)O. The van der Waals surface area contributed by atoms with Crippen LogP contribution in [0.2, 0.25) is 0 Å². The molecule has 0 saturated carbocycles. The summed E-state index contributed by atoms with van der Waals surface area (Å²) in [6.45, 7) is 0.819. The van der Waals surface area contributed by atoms with Crippen LogP contribution in [0.5, 0.6) is 5.75 Å². The second kappa shape index (κ2) is 7.10. The van der Waals surface area contributed by atoms with E-state index in [1.54, 1.807) is 24.3 Å². The summed E-state index contributed by atoms with van der Waals surface area (Å²) < 4.78 is 6.23. The van der Waals surface area contributed by atoms with Gasteiger partial charge in [-0.15, -0.1) is 0 Å². The molecule has 0 heterocycles. The topological polar surface area (TPSA) is 95.9 Å². The van der Waals surface area contributed by atoms with Crippen molar-refractivity contribution >= 4 is 27.8 Å². The van der Waals surface area contributed by atoms with Gasteiger partial charge in [-0.05, 0) is 31.2 Å². The van der Waals surface area contributed by atoms with Crippen LogP contribution in [0.25, 0.3) is 0 Å². The lowest BCUT2D eigenvalue weighted by atomic mass is 10.2. The number of amides is 1. The van der Waals surface area contributed by atoms with Crippen LogP contribution in [-0.4, -0.2) is 40.8 Å². The highest BCUT2D eigenvalue weighted by atomic mass is 79.9. The lowest BCUT2D eigenvalue weighted by molar-refractivity contribution is -0.144. The number of benzene rings is 1. The van der Waals surface area contributed by atoms with Gasteiger partial charge in [-0.3, -0.25) is 4.79 Å². The minimum Gasteiger partial charge on any atom is -0.481 e. The van der Waals surface area contributed by atoms with Gasteiger partial charge in [-0.25, -0.2) is 4.79 Å². The summed E-state index contributed by atoms with van der Waals surface area (Å²) in [7, 11) is 0. The number of aliphatic hydroxyl groups excluding tert-OH is 1. The van der Waals surface area contributed by atoms with Gasteiger partial charge in [0, 0.05) is 4.47 Å². The summed E-state index contributed by atoms with van der Waals surface area (Å²) in [5, 5.41) is 19.7. The standard InChI is InChI=1S/C12H14BrNO5/c1-7(11(16)14-10(6-15)12(17)18)19-9-4-2-8(13)3-5-9/h2-5,7,10,15H,6H2,1H3,(H,14,16)(H,17,18). The van der Waals surface area contributed by atoms with Crippen molar-refractivity contribution in [3.8, 4) is 5.75 Å². The van der Waals surface area contributed by atoms with Crippen molar-refractivity contribution in [2.24, 2.45) is 0 Å². The van der Waals surface area contributed by atoms with E-state index in [1.807, 2.05) is 0 Å². The third-order valence-electron chi connectivity index (χ3n) is 2.29. The van der Waals surface area contributed by atoms with E-state index in [-0.39, 0.29) is 0 Å². The molecule has 1 aromatic carbocycles. The number of rotatable bonds is 6. The average Bonchev–Trinajstić information content (AvgIpc) is 2.37. The molecular formula is C12H14BrNO5. The van der Waals surface area contributed by atoms with Gasteiger partial charge in [0.15, 0.2) is 6.10 Å². The Bertz CT molecular complexity index is 448. The Morgan fingerprint density at radius 1 is 1.37 bits per heavy atom. The Labute approximate surface area is 118 Å². The summed E-state index contributed by atoms with van der Waals surface area (Å²) in [4.78, 5) is 22.3. The molecule has 1 amide bonds. The molecule has 0 radical (unpaired) electrons. The first-order valence-corrected chi connectivity index (χ1v) is 6.29. The van der Waals surface area contributed by atoms with E-state index in [4.69, 9.17) is 14.9 Å². The normalized spacial score (nSPS) is 13.4. The van der Waals surface area contributed by atoms with Crippen molar-refractivity contribution in [2.75, 3.05) is 6.61 Å². The van der Waals surface area contributed by atoms with Gasteiger partial charge in [0.2, 0.25) is 0 Å². The highest BCUT2D eigenvalue weighted by Crippen LogP contribution is 2.17. The van der Waals surface area contributed by atoms with Crippen LogP contribution >= 0.6 is 15.9 Å². The molecule has 0 spiro atoms. The molecule has 0 aliphatic carbocycles. The van der Waals surface area contributed by atoms with Gasteiger partial charge in [0.25, 0.3) is 5.91 Å². The van der Waals surface area contributed by atoms with Gasteiger partial charge in [-0.1, -0.05) is 15.9 Å². The number of aliphatic hydroxyl groups is 1. The molecule has 0 bridgehead atoms. The Kier molecular flexibility index (Phi) is 5.78. The average molecular weight is 332 g/mol. The van der Waals surface area contributed by atoms with E-state index < -0.39 is 30.6 Å². The van der Waals surface area contributed by atoms with E-state index in [2.05, 4.69) is 21.2 Å². The number of halogens is 1. The zero-order valence-electron chi connectivity index (χ0n) is 10.2. The molecule has 2 atom stereocenters. The van der Waals surface area contributed by atoms with Crippen molar-refractivity contribution in [2.45, 2.75) is 19.1 Å². The minimum absolute atomic E-state index is 0.488. The van der Waals surface area contributed by atoms with Gasteiger partial charge < -0.3 is 20.3 Å². The van der Waals surface area contributed by atoms with Crippen LogP contribution in [-0.2, 0) is 9.59 Å².